The monoisotopic (exact) mass is 414 g/mol. The van der Waals surface area contributed by atoms with Crippen LogP contribution in [0.1, 0.15) is 12.0 Å². The van der Waals surface area contributed by atoms with Gasteiger partial charge in [-0.05, 0) is 35.9 Å². The molecule has 0 unspecified atom stereocenters. The van der Waals surface area contributed by atoms with Crippen LogP contribution in [0.25, 0.3) is 28.5 Å². The van der Waals surface area contributed by atoms with Crippen LogP contribution < -0.4 is 5.32 Å². The fourth-order valence-electron chi connectivity index (χ4n) is 3.13. The highest BCUT2D eigenvalue weighted by Crippen LogP contribution is 2.27. The van der Waals surface area contributed by atoms with Crippen LogP contribution in [0.3, 0.4) is 0 Å². The van der Waals surface area contributed by atoms with E-state index in [1.807, 2.05) is 36.4 Å². The normalized spacial score (nSPS) is 11.1. The fourth-order valence-corrected chi connectivity index (χ4v) is 3.13. The first-order chi connectivity index (χ1) is 15.0. The van der Waals surface area contributed by atoms with Crippen molar-refractivity contribution in [3.05, 3.63) is 94.6 Å². The van der Waals surface area contributed by atoms with Crippen LogP contribution in [-0.4, -0.2) is 25.8 Å². The molecule has 0 bridgehead atoms. The minimum absolute atomic E-state index is 0.131. The van der Waals surface area contributed by atoms with Crippen LogP contribution in [0.2, 0.25) is 0 Å². The number of imidazole rings is 1. The molecular weight excluding hydrogens is 396 g/mol. The number of fused-ring (bicyclic) bond motifs is 1. The summed E-state index contributed by atoms with van der Waals surface area (Å²) in [6.45, 7) is 0. The zero-order chi connectivity index (χ0) is 21.8. The van der Waals surface area contributed by atoms with Crippen LogP contribution in [-0.2, 0) is 4.79 Å². The van der Waals surface area contributed by atoms with Crippen molar-refractivity contribution in [3.8, 4) is 11.4 Å². The van der Waals surface area contributed by atoms with Crippen molar-refractivity contribution in [3.63, 3.8) is 0 Å². The topological polar surface area (TPSA) is 110 Å². The minimum Gasteiger partial charge on any atom is -0.426 e. The molecule has 3 aromatic carbocycles. The summed E-state index contributed by atoms with van der Waals surface area (Å²) in [5, 5.41) is 24.2. The lowest BCUT2D eigenvalue weighted by molar-refractivity contribution is -0.384. The van der Waals surface area contributed by atoms with E-state index in [9.17, 15) is 20.1 Å². The van der Waals surface area contributed by atoms with Gasteiger partial charge in [0.1, 0.15) is 5.52 Å². The highest BCUT2D eigenvalue weighted by atomic mass is 16.6. The summed E-state index contributed by atoms with van der Waals surface area (Å²) in [6.07, 6.45) is 3.92. The number of amides is 1. The van der Waals surface area contributed by atoms with Crippen molar-refractivity contribution in [1.29, 1.82) is 0 Å². The van der Waals surface area contributed by atoms with Crippen LogP contribution in [0.4, 0.5) is 11.4 Å². The number of nitrogens with one attached hydrogen (secondary N) is 1. The number of nitro benzene ring substituents is 1. The number of non-ortho nitro benzene ring substituents is 1. The molecule has 4 aromatic rings. The van der Waals surface area contributed by atoms with Crippen LogP contribution >= 0.6 is 0 Å². The molecule has 1 heterocycles. The zero-order valence-electron chi connectivity index (χ0n) is 16.3. The molecule has 154 valence electrons. The molecule has 2 N–H and O–H groups in total. The Bertz CT molecular complexity index is 1280. The van der Waals surface area contributed by atoms with Gasteiger partial charge in [0.2, 0.25) is 5.91 Å². The van der Waals surface area contributed by atoms with Crippen molar-refractivity contribution < 1.29 is 14.9 Å². The zero-order valence-corrected chi connectivity index (χ0v) is 16.3. The predicted octanol–water partition coefficient (Wildman–Crippen LogP) is 4.89. The summed E-state index contributed by atoms with van der Waals surface area (Å²) >= 11 is 0. The van der Waals surface area contributed by atoms with Gasteiger partial charge in [-0.2, -0.15) is 4.73 Å². The number of nitro groups is 1. The first-order valence-corrected chi connectivity index (χ1v) is 9.49. The van der Waals surface area contributed by atoms with E-state index in [0.717, 1.165) is 10.3 Å². The summed E-state index contributed by atoms with van der Waals surface area (Å²) in [5.41, 5.74) is 2.78. The summed E-state index contributed by atoms with van der Waals surface area (Å²) < 4.78 is 0.824. The highest BCUT2D eigenvalue weighted by Gasteiger charge is 2.15. The van der Waals surface area contributed by atoms with E-state index in [0.29, 0.717) is 16.8 Å². The third kappa shape index (κ3) is 4.43. The van der Waals surface area contributed by atoms with Crippen molar-refractivity contribution >= 4 is 34.4 Å². The molecule has 0 radical (unpaired) electrons. The maximum absolute atomic E-state index is 12.1. The second-order valence-electron chi connectivity index (χ2n) is 6.82. The van der Waals surface area contributed by atoms with Crippen LogP contribution in [0.5, 0.6) is 0 Å². The number of nitrogens with zero attached hydrogens (tertiary/aromatic N) is 3. The maximum Gasteiger partial charge on any atom is 0.271 e. The van der Waals surface area contributed by atoms with Crippen LogP contribution in [0, 0.1) is 10.1 Å². The Morgan fingerprint density at radius 1 is 1.10 bits per heavy atom. The van der Waals surface area contributed by atoms with Gasteiger partial charge in [0.05, 0.1) is 10.4 Å². The van der Waals surface area contributed by atoms with Crippen LogP contribution in [0.15, 0.2) is 78.9 Å². The molecule has 0 fully saturated rings. The smallest absolute Gasteiger partial charge is 0.271 e. The summed E-state index contributed by atoms with van der Waals surface area (Å²) in [4.78, 5) is 26.9. The van der Waals surface area contributed by atoms with E-state index in [2.05, 4.69) is 10.3 Å². The Hall–Kier alpha value is -4.46. The number of carbonyl (C=O) groups is 1. The van der Waals surface area contributed by atoms with Gasteiger partial charge < -0.3 is 10.5 Å². The quantitative estimate of drug-likeness (QED) is 0.265. The number of hydrogen-bond donors (Lipinski definition) is 2. The number of carbonyl (C=O) groups excluding carboxylic acids is 1. The van der Waals surface area contributed by atoms with Gasteiger partial charge in [-0.15, -0.1) is 0 Å². The molecular formula is C23H18N4O4. The predicted molar refractivity (Wildman–Crippen MR) is 118 cm³/mol. The first-order valence-electron chi connectivity index (χ1n) is 9.49. The van der Waals surface area contributed by atoms with Gasteiger partial charge in [0.25, 0.3) is 5.69 Å². The molecule has 8 nitrogen and oxygen atoms in total. The Balaban J connectivity index is 1.45. The standard InChI is InChI=1S/C23H18N4O4/c28-22(8-4-7-16-5-2-1-3-6-16)24-18-11-9-17(10-12-18)23-25-20-14-13-19(27(30)31)15-21(20)26(23)29/h1-7,9-15,29H,8H2,(H,24,28)/b7-4+. The number of benzene rings is 3. The summed E-state index contributed by atoms with van der Waals surface area (Å²) in [5.74, 6) is 0.0980. The van der Waals surface area contributed by atoms with Crippen molar-refractivity contribution in [1.82, 2.24) is 9.71 Å². The van der Waals surface area contributed by atoms with E-state index in [-0.39, 0.29) is 29.4 Å². The van der Waals surface area contributed by atoms with Crippen molar-refractivity contribution in [2.75, 3.05) is 5.32 Å². The van der Waals surface area contributed by atoms with Crippen molar-refractivity contribution in [2.45, 2.75) is 6.42 Å². The molecule has 0 atom stereocenters. The number of rotatable bonds is 6. The van der Waals surface area contributed by atoms with Gasteiger partial charge in [0, 0.05) is 29.8 Å². The molecule has 1 amide bonds. The molecule has 0 saturated heterocycles. The van der Waals surface area contributed by atoms with E-state index < -0.39 is 4.92 Å². The molecule has 4 rings (SSSR count). The van der Waals surface area contributed by atoms with E-state index in [1.54, 1.807) is 30.3 Å². The molecule has 8 heteroatoms. The van der Waals surface area contributed by atoms with Crippen molar-refractivity contribution in [2.24, 2.45) is 0 Å². The average Bonchev–Trinajstić information content (AvgIpc) is 3.11. The van der Waals surface area contributed by atoms with Gasteiger partial charge in [0.15, 0.2) is 5.82 Å². The Morgan fingerprint density at radius 3 is 2.55 bits per heavy atom. The largest absolute Gasteiger partial charge is 0.426 e. The molecule has 1 aromatic heterocycles. The van der Waals surface area contributed by atoms with E-state index in [4.69, 9.17) is 0 Å². The van der Waals surface area contributed by atoms with E-state index in [1.165, 1.54) is 18.2 Å². The lowest BCUT2D eigenvalue weighted by Gasteiger charge is -2.05. The molecule has 0 spiro atoms. The third-order valence-corrected chi connectivity index (χ3v) is 4.66. The SMILES string of the molecule is O=C(C/C=C/c1ccccc1)Nc1ccc(-c2nc3ccc([N+](=O)[O-])cc3n2O)cc1. The highest BCUT2D eigenvalue weighted by molar-refractivity contribution is 5.92. The minimum atomic E-state index is -0.529. The summed E-state index contributed by atoms with van der Waals surface area (Å²) in [6, 6.07) is 20.6. The maximum atomic E-state index is 12.1. The molecule has 31 heavy (non-hydrogen) atoms. The molecule has 0 aliphatic rings. The second kappa shape index (κ2) is 8.50. The second-order valence-corrected chi connectivity index (χ2v) is 6.82. The lowest BCUT2D eigenvalue weighted by atomic mass is 10.2. The Kier molecular flexibility index (Phi) is 5.44. The van der Waals surface area contributed by atoms with Gasteiger partial charge in [-0.25, -0.2) is 4.98 Å². The Labute approximate surface area is 177 Å². The fraction of sp³-hybridized carbons (Fsp3) is 0.0435. The van der Waals surface area contributed by atoms with Gasteiger partial charge in [-0.1, -0.05) is 42.5 Å². The van der Waals surface area contributed by atoms with Gasteiger partial charge >= 0.3 is 0 Å². The van der Waals surface area contributed by atoms with E-state index >= 15 is 0 Å². The third-order valence-electron chi connectivity index (χ3n) is 4.66. The lowest BCUT2D eigenvalue weighted by Crippen LogP contribution is -2.09. The van der Waals surface area contributed by atoms with Gasteiger partial charge in [-0.3, -0.25) is 14.9 Å². The number of hydrogen-bond acceptors (Lipinski definition) is 5. The molecule has 0 saturated carbocycles. The number of anilines is 1. The number of aromatic nitrogens is 2. The Morgan fingerprint density at radius 2 is 1.84 bits per heavy atom. The first kappa shape index (κ1) is 19.8. The summed E-state index contributed by atoms with van der Waals surface area (Å²) in [7, 11) is 0. The molecule has 0 aliphatic heterocycles. The average molecular weight is 414 g/mol. The molecule has 0 aliphatic carbocycles.